The second kappa shape index (κ2) is 7.24. The van der Waals surface area contributed by atoms with Crippen LogP contribution in [0.4, 0.5) is 17.5 Å². The van der Waals surface area contributed by atoms with Gasteiger partial charge in [0, 0.05) is 22.9 Å². The quantitative estimate of drug-likeness (QED) is 0.672. The normalized spacial score (nSPS) is 10.3. The van der Waals surface area contributed by atoms with Crippen molar-refractivity contribution in [1.82, 2.24) is 9.97 Å². The SMILES string of the molecule is Cc1cc(Br)ccc1Nc1nccc(NCc2ccccc2)n1. The predicted octanol–water partition coefficient (Wildman–Crippen LogP) is 4.90. The highest BCUT2D eigenvalue weighted by Crippen LogP contribution is 2.22. The van der Waals surface area contributed by atoms with Gasteiger partial charge in [-0.1, -0.05) is 46.3 Å². The van der Waals surface area contributed by atoms with E-state index in [1.807, 2.05) is 43.3 Å². The maximum Gasteiger partial charge on any atom is 0.229 e. The predicted molar refractivity (Wildman–Crippen MR) is 98.0 cm³/mol. The molecule has 0 unspecified atom stereocenters. The zero-order valence-electron chi connectivity index (χ0n) is 12.8. The Bertz CT molecular complexity index is 790. The molecule has 0 spiro atoms. The topological polar surface area (TPSA) is 49.8 Å². The van der Waals surface area contributed by atoms with Crippen LogP contribution in [0.3, 0.4) is 0 Å². The molecule has 0 amide bonds. The third-order valence-electron chi connectivity index (χ3n) is 3.41. The van der Waals surface area contributed by atoms with E-state index in [-0.39, 0.29) is 0 Å². The monoisotopic (exact) mass is 368 g/mol. The second-order valence-corrected chi connectivity index (χ2v) is 6.10. The average molecular weight is 369 g/mol. The molecular weight excluding hydrogens is 352 g/mol. The van der Waals surface area contributed by atoms with E-state index in [2.05, 4.69) is 54.7 Å². The van der Waals surface area contributed by atoms with Crippen LogP contribution < -0.4 is 10.6 Å². The van der Waals surface area contributed by atoms with E-state index in [9.17, 15) is 0 Å². The molecule has 0 saturated heterocycles. The summed E-state index contributed by atoms with van der Waals surface area (Å²) in [7, 11) is 0. The van der Waals surface area contributed by atoms with Crippen LogP contribution in [0.25, 0.3) is 0 Å². The van der Waals surface area contributed by atoms with Crippen molar-refractivity contribution in [3.8, 4) is 0 Å². The minimum absolute atomic E-state index is 0.577. The van der Waals surface area contributed by atoms with Crippen molar-refractivity contribution in [2.45, 2.75) is 13.5 Å². The fourth-order valence-electron chi connectivity index (χ4n) is 2.19. The number of hydrogen-bond donors (Lipinski definition) is 2. The maximum absolute atomic E-state index is 4.50. The van der Waals surface area contributed by atoms with Crippen molar-refractivity contribution in [2.75, 3.05) is 10.6 Å². The van der Waals surface area contributed by atoms with Gasteiger partial charge in [-0.25, -0.2) is 4.98 Å². The van der Waals surface area contributed by atoms with Crippen LogP contribution in [-0.4, -0.2) is 9.97 Å². The first-order chi connectivity index (χ1) is 11.2. The van der Waals surface area contributed by atoms with Gasteiger partial charge in [0.25, 0.3) is 0 Å². The molecule has 23 heavy (non-hydrogen) atoms. The molecule has 0 aliphatic rings. The first-order valence-corrected chi connectivity index (χ1v) is 8.14. The molecule has 1 heterocycles. The van der Waals surface area contributed by atoms with Crippen LogP contribution in [-0.2, 0) is 6.54 Å². The number of rotatable bonds is 5. The lowest BCUT2D eigenvalue weighted by Gasteiger charge is -2.10. The van der Waals surface area contributed by atoms with E-state index in [1.54, 1.807) is 6.20 Å². The first-order valence-electron chi connectivity index (χ1n) is 7.35. The van der Waals surface area contributed by atoms with Crippen LogP contribution in [0.15, 0.2) is 65.3 Å². The summed E-state index contributed by atoms with van der Waals surface area (Å²) in [6, 6.07) is 18.1. The van der Waals surface area contributed by atoms with Gasteiger partial charge in [-0.3, -0.25) is 0 Å². The Morgan fingerprint density at radius 1 is 1.04 bits per heavy atom. The molecule has 5 heteroatoms. The molecule has 0 bridgehead atoms. The Kier molecular flexibility index (Phi) is 4.88. The second-order valence-electron chi connectivity index (χ2n) is 5.19. The number of aromatic nitrogens is 2. The van der Waals surface area contributed by atoms with E-state index in [0.29, 0.717) is 5.95 Å². The lowest BCUT2D eigenvalue weighted by molar-refractivity contribution is 1.08. The van der Waals surface area contributed by atoms with Gasteiger partial charge < -0.3 is 10.6 Å². The molecule has 3 aromatic rings. The van der Waals surface area contributed by atoms with Gasteiger partial charge in [0.2, 0.25) is 5.95 Å². The van der Waals surface area contributed by atoms with Crippen molar-refractivity contribution in [3.05, 3.63) is 76.4 Å². The summed E-state index contributed by atoms with van der Waals surface area (Å²) < 4.78 is 1.06. The Morgan fingerprint density at radius 2 is 1.87 bits per heavy atom. The lowest BCUT2D eigenvalue weighted by Crippen LogP contribution is -2.04. The van der Waals surface area contributed by atoms with Crippen molar-refractivity contribution < 1.29 is 0 Å². The van der Waals surface area contributed by atoms with Crippen molar-refractivity contribution in [2.24, 2.45) is 0 Å². The number of anilines is 3. The summed E-state index contributed by atoms with van der Waals surface area (Å²) in [6.07, 6.45) is 1.75. The highest BCUT2D eigenvalue weighted by molar-refractivity contribution is 9.10. The number of nitrogens with zero attached hydrogens (tertiary/aromatic N) is 2. The molecule has 0 radical (unpaired) electrons. The van der Waals surface area contributed by atoms with Crippen LogP contribution in [0.5, 0.6) is 0 Å². The molecular formula is C18H17BrN4. The Balaban J connectivity index is 1.69. The van der Waals surface area contributed by atoms with E-state index in [4.69, 9.17) is 0 Å². The molecule has 116 valence electrons. The Labute approximate surface area is 144 Å². The third-order valence-corrected chi connectivity index (χ3v) is 3.90. The average Bonchev–Trinajstić information content (AvgIpc) is 2.57. The van der Waals surface area contributed by atoms with Crippen molar-refractivity contribution >= 4 is 33.4 Å². The van der Waals surface area contributed by atoms with Gasteiger partial charge in [-0.15, -0.1) is 0 Å². The number of nitrogens with one attached hydrogen (secondary N) is 2. The zero-order chi connectivity index (χ0) is 16.1. The van der Waals surface area contributed by atoms with Crippen molar-refractivity contribution in [1.29, 1.82) is 0 Å². The summed E-state index contributed by atoms with van der Waals surface area (Å²) in [5, 5.41) is 6.57. The molecule has 1 aromatic heterocycles. The summed E-state index contributed by atoms with van der Waals surface area (Å²) in [5.74, 6) is 1.37. The highest BCUT2D eigenvalue weighted by atomic mass is 79.9. The molecule has 0 atom stereocenters. The van der Waals surface area contributed by atoms with Crippen LogP contribution in [0, 0.1) is 6.92 Å². The van der Waals surface area contributed by atoms with E-state index < -0.39 is 0 Å². The summed E-state index contributed by atoms with van der Waals surface area (Å²) >= 11 is 3.47. The number of hydrogen-bond acceptors (Lipinski definition) is 4. The first kappa shape index (κ1) is 15.5. The van der Waals surface area contributed by atoms with E-state index in [1.165, 1.54) is 5.56 Å². The molecule has 0 saturated carbocycles. The van der Waals surface area contributed by atoms with Crippen LogP contribution in [0.2, 0.25) is 0 Å². The molecule has 0 aliphatic carbocycles. The Morgan fingerprint density at radius 3 is 2.65 bits per heavy atom. The zero-order valence-corrected chi connectivity index (χ0v) is 14.3. The standard InChI is InChI=1S/C18H17BrN4/c1-13-11-15(19)7-8-16(13)22-18-20-10-9-17(23-18)21-12-14-5-3-2-4-6-14/h2-11H,12H2,1H3,(H2,20,21,22,23). The summed E-state index contributed by atoms with van der Waals surface area (Å²) in [5.41, 5.74) is 3.34. The fraction of sp³-hybridized carbons (Fsp3) is 0.111. The largest absolute Gasteiger partial charge is 0.366 e. The van der Waals surface area contributed by atoms with Gasteiger partial charge in [0.1, 0.15) is 5.82 Å². The molecule has 0 fully saturated rings. The smallest absolute Gasteiger partial charge is 0.229 e. The number of aryl methyl sites for hydroxylation is 1. The summed E-state index contributed by atoms with van der Waals surface area (Å²) in [4.78, 5) is 8.78. The number of halogens is 1. The molecule has 4 nitrogen and oxygen atoms in total. The fourth-order valence-corrected chi connectivity index (χ4v) is 2.67. The number of benzene rings is 2. The van der Waals surface area contributed by atoms with E-state index in [0.717, 1.165) is 28.1 Å². The maximum atomic E-state index is 4.50. The van der Waals surface area contributed by atoms with Crippen LogP contribution >= 0.6 is 15.9 Å². The summed E-state index contributed by atoms with van der Waals surface area (Å²) in [6.45, 7) is 2.78. The van der Waals surface area contributed by atoms with Gasteiger partial charge >= 0.3 is 0 Å². The van der Waals surface area contributed by atoms with Gasteiger partial charge in [0.15, 0.2) is 0 Å². The van der Waals surface area contributed by atoms with Gasteiger partial charge in [-0.2, -0.15) is 4.98 Å². The molecule has 2 aromatic carbocycles. The van der Waals surface area contributed by atoms with Gasteiger partial charge in [0.05, 0.1) is 0 Å². The van der Waals surface area contributed by atoms with Crippen LogP contribution in [0.1, 0.15) is 11.1 Å². The molecule has 0 aliphatic heterocycles. The minimum atomic E-state index is 0.577. The minimum Gasteiger partial charge on any atom is -0.366 e. The lowest BCUT2D eigenvalue weighted by atomic mass is 10.2. The third kappa shape index (κ3) is 4.29. The van der Waals surface area contributed by atoms with E-state index >= 15 is 0 Å². The highest BCUT2D eigenvalue weighted by Gasteiger charge is 2.03. The van der Waals surface area contributed by atoms with Gasteiger partial charge in [-0.05, 0) is 42.3 Å². The molecule has 3 rings (SSSR count). The molecule has 2 N–H and O–H groups in total. The van der Waals surface area contributed by atoms with Crippen molar-refractivity contribution in [3.63, 3.8) is 0 Å². The Hall–Kier alpha value is -2.40.